The number of nitrogens with zero attached hydrogens (tertiary/aromatic N) is 3. The molecule has 0 radical (unpaired) electrons. The van der Waals surface area contributed by atoms with Gasteiger partial charge in [-0.3, -0.25) is 4.79 Å². The Morgan fingerprint density at radius 1 is 1.36 bits per heavy atom. The molecule has 2 rings (SSSR count). The van der Waals surface area contributed by atoms with Gasteiger partial charge in [-0.2, -0.15) is 4.31 Å². The van der Waals surface area contributed by atoms with E-state index in [1.54, 1.807) is 6.92 Å². The minimum atomic E-state index is -3.93. The maximum Gasteiger partial charge on any atom is 0.248 e. The number of carbonyl (C=O) groups excluding carboxylic acids is 1. The Labute approximate surface area is 147 Å². The molecule has 1 fully saturated rings. The first-order valence-corrected chi connectivity index (χ1v) is 11.1. The molecule has 11 heteroatoms. The van der Waals surface area contributed by atoms with Crippen molar-refractivity contribution in [3.63, 3.8) is 0 Å². The van der Waals surface area contributed by atoms with Crippen molar-refractivity contribution in [1.29, 1.82) is 0 Å². The molecule has 25 heavy (non-hydrogen) atoms. The lowest BCUT2D eigenvalue weighted by Crippen LogP contribution is -2.46. The molecule has 1 unspecified atom stereocenters. The van der Waals surface area contributed by atoms with E-state index in [1.165, 1.54) is 25.8 Å². The summed E-state index contributed by atoms with van der Waals surface area (Å²) in [5.74, 6) is -0.296. The predicted octanol–water partition coefficient (Wildman–Crippen LogP) is -0.0525. The lowest BCUT2D eigenvalue weighted by molar-refractivity contribution is -0.132. The molecule has 0 aliphatic carbocycles. The van der Waals surface area contributed by atoms with Gasteiger partial charge >= 0.3 is 0 Å². The van der Waals surface area contributed by atoms with Gasteiger partial charge in [0, 0.05) is 19.6 Å². The highest BCUT2D eigenvalue weighted by Gasteiger charge is 2.36. The zero-order chi connectivity index (χ0) is 19.0. The number of carbonyl (C=O) groups is 1. The topological polar surface area (TPSA) is 118 Å². The van der Waals surface area contributed by atoms with E-state index in [-0.39, 0.29) is 34.4 Å². The van der Waals surface area contributed by atoms with Crippen LogP contribution in [-0.2, 0) is 24.7 Å². The summed E-state index contributed by atoms with van der Waals surface area (Å²) in [6.07, 6.45) is 0.377. The number of hydrogen-bond donors (Lipinski definition) is 0. The van der Waals surface area contributed by atoms with Crippen molar-refractivity contribution in [3.05, 3.63) is 11.5 Å². The Morgan fingerprint density at radius 2 is 2.00 bits per heavy atom. The number of aromatic nitrogens is 1. The van der Waals surface area contributed by atoms with E-state index in [9.17, 15) is 21.6 Å². The number of aryl methyl sites for hydroxylation is 2. The van der Waals surface area contributed by atoms with Gasteiger partial charge in [0.05, 0.1) is 18.1 Å². The second-order valence-corrected chi connectivity index (χ2v) is 10.4. The third-order valence-corrected chi connectivity index (χ3v) is 8.10. The lowest BCUT2D eigenvalue weighted by atomic mass is 10.2. The van der Waals surface area contributed by atoms with Gasteiger partial charge in [-0.25, -0.2) is 16.8 Å². The Morgan fingerprint density at radius 3 is 2.44 bits per heavy atom. The monoisotopic (exact) mass is 393 g/mol. The third kappa shape index (κ3) is 4.04. The highest BCUT2D eigenvalue weighted by atomic mass is 32.2. The fourth-order valence-corrected chi connectivity index (χ4v) is 6.16. The van der Waals surface area contributed by atoms with Crippen molar-refractivity contribution in [2.75, 3.05) is 31.6 Å². The molecule has 1 aliphatic heterocycles. The van der Waals surface area contributed by atoms with Crippen molar-refractivity contribution in [3.8, 4) is 0 Å². The molecule has 2 heterocycles. The van der Waals surface area contributed by atoms with Crippen molar-refractivity contribution >= 4 is 25.8 Å². The van der Waals surface area contributed by atoms with Crippen molar-refractivity contribution < 1.29 is 26.2 Å². The lowest BCUT2D eigenvalue weighted by Gasteiger charge is -2.28. The minimum absolute atomic E-state index is 0.0470. The minimum Gasteiger partial charge on any atom is -0.360 e. The molecule has 1 aliphatic rings. The number of rotatable bonds is 6. The summed E-state index contributed by atoms with van der Waals surface area (Å²) < 4.78 is 54.4. The fraction of sp³-hybridized carbons (Fsp3) is 0.714. The molecule has 142 valence electrons. The van der Waals surface area contributed by atoms with Gasteiger partial charge in [0.25, 0.3) is 0 Å². The number of sulfonamides is 1. The quantitative estimate of drug-likeness (QED) is 0.665. The fourth-order valence-electron chi connectivity index (χ4n) is 3.02. The molecule has 1 aromatic rings. The number of likely N-dealkylation sites (N-methyl/N-ethyl adjacent to an activating group) is 2. The number of amides is 1. The molecule has 1 saturated heterocycles. The van der Waals surface area contributed by atoms with Crippen molar-refractivity contribution in [1.82, 2.24) is 14.4 Å². The molecular weight excluding hydrogens is 370 g/mol. The van der Waals surface area contributed by atoms with Crippen LogP contribution in [-0.4, -0.2) is 74.8 Å². The van der Waals surface area contributed by atoms with Crippen LogP contribution in [0.4, 0.5) is 0 Å². The maximum absolute atomic E-state index is 12.7. The summed E-state index contributed by atoms with van der Waals surface area (Å²) in [5.41, 5.74) is 0.228. The molecule has 0 saturated carbocycles. The molecule has 1 atom stereocenters. The normalized spacial score (nSPS) is 20.1. The highest BCUT2D eigenvalue weighted by molar-refractivity contribution is 7.91. The average molecular weight is 393 g/mol. The summed E-state index contributed by atoms with van der Waals surface area (Å²) in [7, 11) is -5.76. The SMILES string of the molecule is CCN(C(=O)CN(C)S(=O)(=O)c1c(C)noc1C)C1CCS(=O)(=O)C1. The maximum atomic E-state index is 12.7. The molecule has 0 N–H and O–H groups in total. The zero-order valence-electron chi connectivity index (χ0n) is 14.7. The van der Waals surface area contributed by atoms with Crippen LogP contribution in [0.1, 0.15) is 24.8 Å². The van der Waals surface area contributed by atoms with Crippen LogP contribution in [0.15, 0.2) is 9.42 Å². The Bertz CT molecular complexity index is 840. The van der Waals surface area contributed by atoms with Gasteiger partial charge < -0.3 is 9.42 Å². The zero-order valence-corrected chi connectivity index (χ0v) is 16.4. The molecule has 1 amide bonds. The first kappa shape index (κ1) is 19.9. The predicted molar refractivity (Wildman–Crippen MR) is 90.2 cm³/mol. The second kappa shape index (κ2) is 7.04. The Balaban J connectivity index is 2.16. The van der Waals surface area contributed by atoms with Crippen molar-refractivity contribution in [2.24, 2.45) is 0 Å². The molecule has 1 aromatic heterocycles. The second-order valence-electron chi connectivity index (χ2n) is 6.15. The van der Waals surface area contributed by atoms with Crippen molar-refractivity contribution in [2.45, 2.75) is 38.1 Å². The average Bonchev–Trinajstić information content (AvgIpc) is 3.02. The Kier molecular flexibility index (Phi) is 5.59. The van der Waals surface area contributed by atoms with Crippen LogP contribution < -0.4 is 0 Å². The molecule has 0 aromatic carbocycles. The highest BCUT2D eigenvalue weighted by Crippen LogP contribution is 2.23. The summed E-state index contributed by atoms with van der Waals surface area (Å²) >= 11 is 0. The van der Waals surface area contributed by atoms with E-state index >= 15 is 0 Å². The molecule has 0 bridgehead atoms. The van der Waals surface area contributed by atoms with E-state index in [2.05, 4.69) is 5.16 Å². The van der Waals surface area contributed by atoms with Crippen LogP contribution in [0.2, 0.25) is 0 Å². The van der Waals surface area contributed by atoms with Gasteiger partial charge in [-0.05, 0) is 27.2 Å². The van der Waals surface area contributed by atoms with Crippen LogP contribution >= 0.6 is 0 Å². The summed E-state index contributed by atoms with van der Waals surface area (Å²) in [5, 5.41) is 3.63. The molecule has 9 nitrogen and oxygen atoms in total. The van der Waals surface area contributed by atoms with Gasteiger partial charge in [0.1, 0.15) is 10.6 Å². The number of hydrogen-bond acceptors (Lipinski definition) is 7. The smallest absolute Gasteiger partial charge is 0.248 e. The van der Waals surface area contributed by atoms with Crippen LogP contribution in [0.5, 0.6) is 0 Å². The van der Waals surface area contributed by atoms with Gasteiger partial charge in [-0.1, -0.05) is 5.16 Å². The van der Waals surface area contributed by atoms with Gasteiger partial charge in [0.2, 0.25) is 15.9 Å². The Hall–Kier alpha value is -1.46. The van der Waals surface area contributed by atoms with E-state index in [1.807, 2.05) is 0 Å². The standard InChI is InChI=1S/C14H23N3O6S2/c1-5-17(12-6-7-24(19,20)9-12)13(18)8-16(4)25(21,22)14-10(2)15-23-11(14)3/h12H,5-9H2,1-4H3. The van der Waals surface area contributed by atoms with Gasteiger partial charge in [0.15, 0.2) is 15.6 Å². The van der Waals surface area contributed by atoms with E-state index in [0.717, 1.165) is 4.31 Å². The third-order valence-electron chi connectivity index (χ3n) is 4.30. The summed E-state index contributed by atoms with van der Waals surface area (Å²) in [6, 6.07) is -0.405. The first-order chi connectivity index (χ1) is 11.5. The first-order valence-electron chi connectivity index (χ1n) is 7.88. The van der Waals surface area contributed by atoms with E-state index in [4.69, 9.17) is 4.52 Å². The molecule has 0 spiro atoms. The van der Waals surface area contributed by atoms with Crippen LogP contribution in [0.25, 0.3) is 0 Å². The van der Waals surface area contributed by atoms with E-state index in [0.29, 0.717) is 13.0 Å². The summed E-state index contributed by atoms with van der Waals surface area (Å²) in [6.45, 7) is 4.69. The van der Waals surface area contributed by atoms with Crippen LogP contribution in [0.3, 0.4) is 0 Å². The van der Waals surface area contributed by atoms with Crippen LogP contribution in [0, 0.1) is 13.8 Å². The van der Waals surface area contributed by atoms with Gasteiger partial charge in [-0.15, -0.1) is 0 Å². The van der Waals surface area contributed by atoms with E-state index < -0.39 is 31.8 Å². The number of sulfone groups is 1. The molecular formula is C14H23N3O6S2. The summed E-state index contributed by atoms with van der Waals surface area (Å²) in [4.78, 5) is 13.9. The largest absolute Gasteiger partial charge is 0.360 e.